The molecule has 0 radical (unpaired) electrons. The summed E-state index contributed by atoms with van der Waals surface area (Å²) >= 11 is 6.14. The molecule has 0 bridgehead atoms. The first-order valence-corrected chi connectivity index (χ1v) is 6.63. The van der Waals surface area contributed by atoms with Gasteiger partial charge in [-0.1, -0.05) is 43.6 Å². The third-order valence-corrected chi connectivity index (χ3v) is 3.56. The molecule has 1 fully saturated rings. The lowest BCUT2D eigenvalue weighted by Gasteiger charge is -2.23. The van der Waals surface area contributed by atoms with Crippen LogP contribution in [-0.4, -0.2) is 23.4 Å². The molecule has 0 spiro atoms. The van der Waals surface area contributed by atoms with Crippen molar-refractivity contribution in [3.05, 3.63) is 34.9 Å². The number of halogens is 1. The molecule has 1 aromatic carbocycles. The summed E-state index contributed by atoms with van der Waals surface area (Å²) in [5.74, 6) is -0.0254. The van der Waals surface area contributed by atoms with Gasteiger partial charge in [0.2, 0.25) is 0 Å². The summed E-state index contributed by atoms with van der Waals surface area (Å²) in [6, 6.07) is 6.71. The van der Waals surface area contributed by atoms with E-state index in [0.29, 0.717) is 17.1 Å². The SMILES string of the molecule is CC(C)CN1C(=O)NC(C)(c2ccccc2Cl)C1=O. The average molecular weight is 281 g/mol. The lowest BCUT2D eigenvalue weighted by atomic mass is 9.92. The van der Waals surface area contributed by atoms with Crippen LogP contribution in [0.4, 0.5) is 4.79 Å². The zero-order chi connectivity index (χ0) is 14.2. The van der Waals surface area contributed by atoms with Crippen molar-refractivity contribution in [3.63, 3.8) is 0 Å². The third-order valence-electron chi connectivity index (χ3n) is 3.24. The number of hydrogen-bond acceptors (Lipinski definition) is 2. The van der Waals surface area contributed by atoms with Gasteiger partial charge in [0.15, 0.2) is 0 Å². The normalized spacial score (nSPS) is 23.1. The van der Waals surface area contributed by atoms with Gasteiger partial charge in [0, 0.05) is 17.1 Å². The van der Waals surface area contributed by atoms with Crippen LogP contribution in [0.5, 0.6) is 0 Å². The molecule has 1 N–H and O–H groups in total. The van der Waals surface area contributed by atoms with E-state index in [9.17, 15) is 9.59 Å². The number of urea groups is 1. The zero-order valence-electron chi connectivity index (χ0n) is 11.2. The van der Waals surface area contributed by atoms with Crippen LogP contribution in [0.25, 0.3) is 0 Å². The van der Waals surface area contributed by atoms with Crippen LogP contribution in [0.1, 0.15) is 26.3 Å². The van der Waals surface area contributed by atoms with Crippen LogP contribution in [0, 0.1) is 5.92 Å². The van der Waals surface area contributed by atoms with Gasteiger partial charge < -0.3 is 5.32 Å². The minimum absolute atomic E-state index is 0.225. The lowest BCUT2D eigenvalue weighted by molar-refractivity contribution is -0.131. The molecule has 1 heterocycles. The van der Waals surface area contributed by atoms with E-state index in [0.717, 1.165) is 0 Å². The highest BCUT2D eigenvalue weighted by atomic mass is 35.5. The van der Waals surface area contributed by atoms with E-state index >= 15 is 0 Å². The molecule has 3 amide bonds. The maximum absolute atomic E-state index is 12.5. The van der Waals surface area contributed by atoms with Crippen molar-refractivity contribution in [3.8, 4) is 0 Å². The minimum Gasteiger partial charge on any atom is -0.319 e. The number of nitrogens with one attached hydrogen (secondary N) is 1. The highest BCUT2D eigenvalue weighted by Crippen LogP contribution is 2.33. The standard InChI is InChI=1S/C14H17ClN2O2/c1-9(2)8-17-12(18)14(3,16-13(17)19)10-6-4-5-7-11(10)15/h4-7,9H,8H2,1-3H3,(H,16,19). The Kier molecular flexibility index (Phi) is 3.54. The highest BCUT2D eigenvalue weighted by Gasteiger charge is 2.49. The van der Waals surface area contributed by atoms with E-state index in [1.807, 2.05) is 13.8 Å². The quantitative estimate of drug-likeness (QED) is 0.866. The van der Waals surface area contributed by atoms with E-state index in [1.54, 1.807) is 31.2 Å². The minimum atomic E-state index is -1.08. The predicted octanol–water partition coefficient (Wildman–Crippen LogP) is 2.76. The fraction of sp³-hybridized carbons (Fsp3) is 0.429. The highest BCUT2D eigenvalue weighted by molar-refractivity contribution is 6.32. The largest absolute Gasteiger partial charge is 0.325 e. The van der Waals surface area contributed by atoms with Crippen LogP contribution in [0.15, 0.2) is 24.3 Å². The molecule has 1 saturated heterocycles. The Balaban J connectivity index is 2.39. The number of carbonyl (C=O) groups is 2. The monoisotopic (exact) mass is 280 g/mol. The van der Waals surface area contributed by atoms with Gasteiger partial charge in [0.05, 0.1) is 0 Å². The first-order chi connectivity index (χ1) is 8.86. The molecule has 2 rings (SSSR count). The third kappa shape index (κ3) is 2.32. The van der Waals surface area contributed by atoms with E-state index in [2.05, 4.69) is 5.32 Å². The predicted molar refractivity (Wildman–Crippen MR) is 73.9 cm³/mol. The van der Waals surface area contributed by atoms with Gasteiger partial charge in [0.25, 0.3) is 5.91 Å². The van der Waals surface area contributed by atoms with Crippen LogP contribution in [-0.2, 0) is 10.3 Å². The molecule has 19 heavy (non-hydrogen) atoms. The first kappa shape index (κ1) is 13.9. The first-order valence-electron chi connectivity index (χ1n) is 6.25. The molecule has 0 saturated carbocycles. The molecule has 4 nitrogen and oxygen atoms in total. The number of imide groups is 1. The Labute approximate surface area is 117 Å². The second-order valence-corrected chi connectivity index (χ2v) is 5.75. The smallest absolute Gasteiger partial charge is 0.319 e. The Hall–Kier alpha value is -1.55. The average Bonchev–Trinajstić information content (AvgIpc) is 2.54. The number of benzene rings is 1. The maximum atomic E-state index is 12.5. The molecule has 0 aromatic heterocycles. The van der Waals surface area contributed by atoms with E-state index in [4.69, 9.17) is 11.6 Å². The van der Waals surface area contributed by atoms with Crippen LogP contribution < -0.4 is 5.32 Å². The second-order valence-electron chi connectivity index (χ2n) is 5.34. The fourth-order valence-electron chi connectivity index (χ4n) is 2.28. The van der Waals surface area contributed by atoms with Gasteiger partial charge in [-0.2, -0.15) is 0 Å². The van der Waals surface area contributed by atoms with Gasteiger partial charge in [-0.25, -0.2) is 4.79 Å². The van der Waals surface area contributed by atoms with Crippen LogP contribution >= 0.6 is 11.6 Å². The summed E-state index contributed by atoms with van der Waals surface area (Å²) in [5.41, 5.74) is -0.453. The van der Waals surface area contributed by atoms with Crippen molar-refractivity contribution in [2.45, 2.75) is 26.3 Å². The molecule has 1 atom stereocenters. The molecule has 1 aromatic rings. The number of amides is 3. The van der Waals surface area contributed by atoms with Crippen molar-refractivity contribution in [2.75, 3.05) is 6.54 Å². The topological polar surface area (TPSA) is 49.4 Å². The number of carbonyl (C=O) groups excluding carboxylic acids is 2. The van der Waals surface area contributed by atoms with Crippen molar-refractivity contribution in [1.29, 1.82) is 0 Å². The molecule has 1 aliphatic heterocycles. The van der Waals surface area contributed by atoms with Gasteiger partial charge in [-0.05, 0) is 18.9 Å². The Morgan fingerprint density at radius 1 is 1.32 bits per heavy atom. The van der Waals surface area contributed by atoms with Crippen LogP contribution in [0.3, 0.4) is 0 Å². The summed E-state index contributed by atoms with van der Waals surface area (Å²) in [6.45, 7) is 6.02. The van der Waals surface area contributed by atoms with Crippen molar-refractivity contribution < 1.29 is 9.59 Å². The molecular weight excluding hydrogens is 264 g/mol. The van der Waals surface area contributed by atoms with E-state index in [1.165, 1.54) is 4.90 Å². The van der Waals surface area contributed by atoms with Crippen molar-refractivity contribution >= 4 is 23.5 Å². The summed E-state index contributed by atoms with van der Waals surface area (Å²) in [7, 11) is 0. The summed E-state index contributed by atoms with van der Waals surface area (Å²) in [4.78, 5) is 25.7. The zero-order valence-corrected chi connectivity index (χ0v) is 12.0. The van der Waals surface area contributed by atoms with Gasteiger partial charge in [0.1, 0.15) is 5.54 Å². The number of rotatable bonds is 3. The molecule has 0 aliphatic carbocycles. The molecule has 5 heteroatoms. The summed E-state index contributed by atoms with van der Waals surface area (Å²) in [5, 5.41) is 3.22. The van der Waals surface area contributed by atoms with Crippen molar-refractivity contribution in [2.24, 2.45) is 5.92 Å². The molecule has 1 aliphatic rings. The number of hydrogen-bond donors (Lipinski definition) is 1. The number of nitrogens with zero attached hydrogens (tertiary/aromatic N) is 1. The van der Waals surface area contributed by atoms with E-state index in [-0.39, 0.29) is 17.9 Å². The van der Waals surface area contributed by atoms with Crippen LogP contribution in [0.2, 0.25) is 5.02 Å². The lowest BCUT2D eigenvalue weighted by Crippen LogP contribution is -2.41. The summed E-state index contributed by atoms with van der Waals surface area (Å²) in [6.07, 6.45) is 0. The van der Waals surface area contributed by atoms with E-state index < -0.39 is 5.54 Å². The van der Waals surface area contributed by atoms with Gasteiger partial charge >= 0.3 is 6.03 Å². The van der Waals surface area contributed by atoms with Gasteiger partial charge in [-0.15, -0.1) is 0 Å². The molecular formula is C14H17ClN2O2. The maximum Gasteiger partial charge on any atom is 0.325 e. The molecule has 102 valence electrons. The fourth-order valence-corrected chi connectivity index (χ4v) is 2.60. The van der Waals surface area contributed by atoms with Gasteiger partial charge in [-0.3, -0.25) is 9.69 Å². The van der Waals surface area contributed by atoms with Crippen molar-refractivity contribution in [1.82, 2.24) is 10.2 Å². The Morgan fingerprint density at radius 2 is 1.95 bits per heavy atom. The summed E-state index contributed by atoms with van der Waals surface area (Å²) < 4.78 is 0. The second kappa shape index (κ2) is 4.85. The molecule has 1 unspecified atom stereocenters. The Bertz CT molecular complexity index is 530. The Morgan fingerprint density at radius 3 is 2.53 bits per heavy atom.